The molecule has 3 heteroatoms. The maximum Gasteiger partial charge on any atom is 2.00 e. The topological polar surface area (TPSA) is 26.3 Å². The zero-order chi connectivity index (χ0) is 5.54. The van der Waals surface area contributed by atoms with Crippen molar-refractivity contribution in [3.8, 4) is 0 Å². The van der Waals surface area contributed by atoms with Crippen LogP contribution >= 0.6 is 0 Å². The van der Waals surface area contributed by atoms with Crippen LogP contribution in [0.2, 0.25) is 0 Å². The summed E-state index contributed by atoms with van der Waals surface area (Å²) in [6.07, 6.45) is 2.05. The Morgan fingerprint density at radius 3 is 2.75 bits per heavy atom. The van der Waals surface area contributed by atoms with Crippen molar-refractivity contribution in [2.45, 2.75) is 19.8 Å². The fraction of sp³-hybridized carbons (Fsp3) is 0.800. The van der Waals surface area contributed by atoms with Gasteiger partial charge in [-0.25, -0.2) is 0 Å². The Hall–Kier alpha value is 0.236. The number of carbonyl (C=O) groups is 1. The molecule has 0 aliphatic heterocycles. The Kier molecular flexibility index (Phi) is 14.2. The number of hydrogen-bond acceptors (Lipinski definition) is 2. The Bertz CT molecular complexity index is 54.9. The van der Waals surface area contributed by atoms with Crippen molar-refractivity contribution in [2.24, 2.45) is 0 Å². The van der Waals surface area contributed by atoms with Crippen LogP contribution in [-0.2, 0) is 9.53 Å². The van der Waals surface area contributed by atoms with E-state index in [1.54, 1.807) is 0 Å². The van der Waals surface area contributed by atoms with Gasteiger partial charge in [0.1, 0.15) is 0 Å². The van der Waals surface area contributed by atoms with Gasteiger partial charge in [0.25, 0.3) is 6.47 Å². The van der Waals surface area contributed by atoms with Crippen LogP contribution in [0.1, 0.15) is 22.6 Å². The molecule has 0 heterocycles. The first-order valence-corrected chi connectivity index (χ1v) is 2.47. The summed E-state index contributed by atoms with van der Waals surface area (Å²) in [7, 11) is 0. The van der Waals surface area contributed by atoms with Crippen LogP contribution in [-0.4, -0.2) is 36.1 Å². The average Bonchev–Trinajstić information content (AvgIpc) is 1.69. The van der Waals surface area contributed by atoms with Crippen LogP contribution in [0, 0.1) is 0 Å². The second-order valence-electron chi connectivity index (χ2n) is 1.32. The van der Waals surface area contributed by atoms with Crippen LogP contribution in [0.4, 0.5) is 0 Å². The molecular formula is C5H12MgO2. The number of ether oxygens (including phenoxy) is 1. The molecule has 0 spiro atoms. The van der Waals surface area contributed by atoms with E-state index in [-0.39, 0.29) is 25.9 Å². The first-order valence-electron chi connectivity index (χ1n) is 2.47. The normalized spacial score (nSPS) is 7.12. The minimum Gasteiger partial charge on any atom is -1.00 e. The number of carbonyl (C=O) groups excluding carboxylic acids is 1. The van der Waals surface area contributed by atoms with Crippen LogP contribution in [0.3, 0.4) is 0 Å². The quantitative estimate of drug-likeness (QED) is 0.318. The Labute approximate surface area is 68.7 Å². The fourth-order valence-electron chi connectivity index (χ4n) is 0.276. The second kappa shape index (κ2) is 10.3. The Balaban J connectivity index is -0.0000000600. The van der Waals surface area contributed by atoms with Crippen LogP contribution < -0.4 is 0 Å². The third kappa shape index (κ3) is 9.53. The van der Waals surface area contributed by atoms with Gasteiger partial charge in [0.15, 0.2) is 0 Å². The van der Waals surface area contributed by atoms with E-state index in [9.17, 15) is 4.79 Å². The summed E-state index contributed by atoms with van der Waals surface area (Å²) in [5.74, 6) is 0. The first-order chi connectivity index (χ1) is 3.41. The molecule has 0 atom stereocenters. The van der Waals surface area contributed by atoms with Crippen molar-refractivity contribution < 1.29 is 12.4 Å². The summed E-state index contributed by atoms with van der Waals surface area (Å²) in [5.41, 5.74) is 0. The largest absolute Gasteiger partial charge is 2.00 e. The summed E-state index contributed by atoms with van der Waals surface area (Å²) in [6.45, 7) is 3.10. The van der Waals surface area contributed by atoms with Crippen molar-refractivity contribution in [1.29, 1.82) is 0 Å². The van der Waals surface area contributed by atoms with E-state index >= 15 is 0 Å². The molecule has 0 unspecified atom stereocenters. The molecule has 0 aromatic rings. The first kappa shape index (κ1) is 11.1. The van der Waals surface area contributed by atoms with Crippen molar-refractivity contribution in [3.63, 3.8) is 0 Å². The van der Waals surface area contributed by atoms with E-state index in [0.29, 0.717) is 13.1 Å². The molecule has 0 N–H and O–H groups in total. The van der Waals surface area contributed by atoms with Gasteiger partial charge >= 0.3 is 23.1 Å². The number of rotatable bonds is 4. The van der Waals surface area contributed by atoms with E-state index in [2.05, 4.69) is 4.74 Å². The second-order valence-corrected chi connectivity index (χ2v) is 1.32. The molecule has 2 nitrogen and oxygen atoms in total. The zero-order valence-electron chi connectivity index (χ0n) is 7.22. The summed E-state index contributed by atoms with van der Waals surface area (Å²) in [6, 6.07) is 0. The summed E-state index contributed by atoms with van der Waals surface area (Å²) < 4.78 is 4.39. The third-order valence-electron chi connectivity index (χ3n) is 0.684. The Morgan fingerprint density at radius 1 is 1.75 bits per heavy atom. The molecule has 46 valence electrons. The van der Waals surface area contributed by atoms with Gasteiger partial charge in [0.05, 0.1) is 6.61 Å². The molecule has 0 saturated carbocycles. The van der Waals surface area contributed by atoms with Crippen LogP contribution in [0.5, 0.6) is 0 Å². The predicted molar refractivity (Wildman–Crippen MR) is 34.9 cm³/mol. The molecule has 0 saturated heterocycles. The summed E-state index contributed by atoms with van der Waals surface area (Å²) in [5, 5.41) is 0. The fourth-order valence-corrected chi connectivity index (χ4v) is 0.276. The minimum absolute atomic E-state index is 0. The third-order valence-corrected chi connectivity index (χ3v) is 0.684. The van der Waals surface area contributed by atoms with Crippen molar-refractivity contribution in [1.82, 2.24) is 0 Å². The molecule has 0 amide bonds. The molecule has 0 bridgehead atoms. The van der Waals surface area contributed by atoms with Gasteiger partial charge in [-0.3, -0.25) is 4.79 Å². The smallest absolute Gasteiger partial charge is 1.00 e. The van der Waals surface area contributed by atoms with E-state index in [4.69, 9.17) is 0 Å². The summed E-state index contributed by atoms with van der Waals surface area (Å²) >= 11 is 0. The summed E-state index contributed by atoms with van der Waals surface area (Å²) in [4.78, 5) is 9.46. The van der Waals surface area contributed by atoms with Crippen molar-refractivity contribution >= 4 is 29.5 Å². The maximum atomic E-state index is 9.46. The van der Waals surface area contributed by atoms with Gasteiger partial charge in [-0.1, -0.05) is 13.3 Å². The number of unbranched alkanes of at least 4 members (excludes halogenated alkanes) is 1. The maximum absolute atomic E-state index is 9.46. The SMILES string of the molecule is CCCCOC=O.[H-].[H-].[Mg+2]. The standard InChI is InChI=1S/C5H10O2.Mg.2H/c1-2-3-4-7-5-6;;;/h5H,2-4H2,1H3;;;/q;+2;2*-1. The molecule has 0 aromatic carbocycles. The van der Waals surface area contributed by atoms with Gasteiger partial charge in [-0.15, -0.1) is 0 Å². The molecule has 0 radical (unpaired) electrons. The van der Waals surface area contributed by atoms with Crippen molar-refractivity contribution in [2.75, 3.05) is 6.61 Å². The molecule has 0 fully saturated rings. The van der Waals surface area contributed by atoms with Gasteiger partial charge in [0, 0.05) is 0 Å². The monoisotopic (exact) mass is 128 g/mol. The zero-order valence-corrected chi connectivity index (χ0v) is 6.64. The van der Waals surface area contributed by atoms with E-state index in [1.807, 2.05) is 6.92 Å². The van der Waals surface area contributed by atoms with Gasteiger partial charge < -0.3 is 7.59 Å². The molecule has 8 heavy (non-hydrogen) atoms. The molecule has 0 aliphatic rings. The van der Waals surface area contributed by atoms with Crippen LogP contribution in [0.15, 0.2) is 0 Å². The van der Waals surface area contributed by atoms with Crippen LogP contribution in [0.25, 0.3) is 0 Å². The Morgan fingerprint density at radius 2 is 2.38 bits per heavy atom. The van der Waals surface area contributed by atoms with Gasteiger partial charge in [0.2, 0.25) is 0 Å². The molecular weight excluding hydrogens is 116 g/mol. The van der Waals surface area contributed by atoms with Gasteiger partial charge in [-0.05, 0) is 6.42 Å². The average molecular weight is 128 g/mol. The van der Waals surface area contributed by atoms with E-state index in [1.165, 1.54) is 0 Å². The molecule has 0 rings (SSSR count). The van der Waals surface area contributed by atoms with E-state index < -0.39 is 0 Å². The molecule has 0 aliphatic carbocycles. The molecule has 0 aromatic heterocycles. The van der Waals surface area contributed by atoms with Gasteiger partial charge in [-0.2, -0.15) is 0 Å². The minimum atomic E-state index is 0. The predicted octanol–water partition coefficient (Wildman–Crippen LogP) is 0.804. The van der Waals surface area contributed by atoms with Crippen molar-refractivity contribution in [3.05, 3.63) is 0 Å². The number of hydrogen-bond donors (Lipinski definition) is 0. The van der Waals surface area contributed by atoms with E-state index in [0.717, 1.165) is 12.8 Å².